The Balaban J connectivity index is 2.22. The van der Waals surface area contributed by atoms with Gasteiger partial charge >= 0.3 is 0 Å². The molecule has 1 fully saturated rings. The van der Waals surface area contributed by atoms with Crippen molar-refractivity contribution >= 4 is 0 Å². The monoisotopic (exact) mass is 205 g/mol. The van der Waals surface area contributed by atoms with E-state index in [4.69, 9.17) is 0 Å². The van der Waals surface area contributed by atoms with Gasteiger partial charge in [-0.25, -0.2) is 0 Å². The largest absolute Gasteiger partial charge is 0.264 e. The van der Waals surface area contributed by atoms with Gasteiger partial charge in [0.2, 0.25) is 6.04 Å². The number of nitro groups is 1. The summed E-state index contributed by atoms with van der Waals surface area (Å²) in [6.07, 6.45) is 3.79. The molecule has 2 rings (SSSR count). The van der Waals surface area contributed by atoms with Crippen molar-refractivity contribution in [2.75, 3.05) is 0 Å². The smallest absolute Gasteiger partial charge is 0.219 e. The van der Waals surface area contributed by atoms with Crippen LogP contribution in [0.3, 0.4) is 0 Å². The van der Waals surface area contributed by atoms with Gasteiger partial charge in [0, 0.05) is 11.3 Å². The van der Waals surface area contributed by atoms with Crippen LogP contribution < -0.4 is 0 Å². The summed E-state index contributed by atoms with van der Waals surface area (Å²) < 4.78 is 0. The van der Waals surface area contributed by atoms with Crippen molar-refractivity contribution in [2.45, 2.75) is 37.6 Å². The Hall–Kier alpha value is -1.38. The van der Waals surface area contributed by atoms with Crippen LogP contribution in [-0.4, -0.2) is 11.0 Å². The maximum atomic E-state index is 10.9. The Morgan fingerprint density at radius 3 is 2.47 bits per heavy atom. The van der Waals surface area contributed by atoms with Crippen molar-refractivity contribution in [3.63, 3.8) is 0 Å². The van der Waals surface area contributed by atoms with Gasteiger partial charge in [-0.05, 0) is 18.4 Å². The molecule has 3 heteroatoms. The highest BCUT2D eigenvalue weighted by Crippen LogP contribution is 2.34. The standard InChI is InChI=1S/C12H15NO2/c14-13(15)12-9-5-4-8-11(12)10-6-2-1-3-7-10/h1-3,6-7,11-12H,4-5,8-9H2/t11-,12+/m0/s1. The molecule has 80 valence electrons. The van der Waals surface area contributed by atoms with Crippen molar-refractivity contribution < 1.29 is 4.92 Å². The first-order chi connectivity index (χ1) is 7.29. The van der Waals surface area contributed by atoms with E-state index in [-0.39, 0.29) is 16.9 Å². The van der Waals surface area contributed by atoms with E-state index in [1.165, 1.54) is 0 Å². The lowest BCUT2D eigenvalue weighted by Gasteiger charge is -2.25. The Morgan fingerprint density at radius 2 is 1.80 bits per heavy atom. The summed E-state index contributed by atoms with van der Waals surface area (Å²) in [6, 6.07) is 9.51. The number of hydrogen-bond acceptors (Lipinski definition) is 2. The lowest BCUT2D eigenvalue weighted by molar-refractivity contribution is -0.530. The maximum absolute atomic E-state index is 10.9. The van der Waals surface area contributed by atoms with Crippen LogP contribution in [0.2, 0.25) is 0 Å². The molecule has 0 spiro atoms. The molecule has 0 heterocycles. The van der Waals surface area contributed by atoms with Crippen molar-refractivity contribution in [1.29, 1.82) is 0 Å². The molecule has 0 N–H and O–H groups in total. The number of nitrogens with zero attached hydrogens (tertiary/aromatic N) is 1. The average Bonchev–Trinajstić information content (AvgIpc) is 2.30. The third-order valence-corrected chi connectivity index (χ3v) is 3.23. The molecule has 1 aromatic carbocycles. The Bertz CT molecular complexity index is 337. The third kappa shape index (κ3) is 2.17. The minimum Gasteiger partial charge on any atom is -0.264 e. The van der Waals surface area contributed by atoms with Crippen molar-refractivity contribution in [2.24, 2.45) is 0 Å². The van der Waals surface area contributed by atoms with E-state index in [2.05, 4.69) is 0 Å². The van der Waals surface area contributed by atoms with Crippen LogP contribution in [0.15, 0.2) is 30.3 Å². The Labute approximate surface area is 89.3 Å². The highest BCUT2D eigenvalue weighted by Gasteiger charge is 2.34. The van der Waals surface area contributed by atoms with Crippen molar-refractivity contribution in [3.8, 4) is 0 Å². The van der Waals surface area contributed by atoms with Crippen molar-refractivity contribution in [3.05, 3.63) is 46.0 Å². The second-order valence-corrected chi connectivity index (χ2v) is 4.15. The minimum absolute atomic E-state index is 0.100. The summed E-state index contributed by atoms with van der Waals surface area (Å²) in [7, 11) is 0. The number of rotatable bonds is 2. The SMILES string of the molecule is O=[N+]([O-])[C@@H]1CCCC[C@H]1c1ccccc1. The Kier molecular flexibility index (Phi) is 2.99. The molecule has 0 unspecified atom stereocenters. The topological polar surface area (TPSA) is 43.1 Å². The van der Waals surface area contributed by atoms with Crippen LogP contribution in [0.25, 0.3) is 0 Å². The van der Waals surface area contributed by atoms with Gasteiger partial charge in [0.1, 0.15) is 0 Å². The van der Waals surface area contributed by atoms with E-state index in [1.807, 2.05) is 30.3 Å². The summed E-state index contributed by atoms with van der Waals surface area (Å²) in [6.45, 7) is 0. The first kappa shape index (κ1) is 10.1. The summed E-state index contributed by atoms with van der Waals surface area (Å²) in [4.78, 5) is 10.8. The minimum atomic E-state index is -0.374. The maximum Gasteiger partial charge on any atom is 0.219 e. The van der Waals surface area contributed by atoms with Gasteiger partial charge in [0.15, 0.2) is 0 Å². The fourth-order valence-corrected chi connectivity index (χ4v) is 2.45. The summed E-state index contributed by atoms with van der Waals surface area (Å²) in [5.41, 5.74) is 1.12. The van der Waals surface area contributed by atoms with Gasteiger partial charge in [0.25, 0.3) is 0 Å². The lowest BCUT2D eigenvalue weighted by atomic mass is 9.80. The van der Waals surface area contributed by atoms with E-state index in [9.17, 15) is 10.1 Å². The molecule has 1 aromatic rings. The summed E-state index contributed by atoms with van der Waals surface area (Å²) in [5, 5.41) is 10.9. The quantitative estimate of drug-likeness (QED) is 0.550. The highest BCUT2D eigenvalue weighted by molar-refractivity contribution is 5.21. The molecule has 0 radical (unpaired) electrons. The average molecular weight is 205 g/mol. The first-order valence-corrected chi connectivity index (χ1v) is 5.47. The number of hydrogen-bond donors (Lipinski definition) is 0. The first-order valence-electron chi connectivity index (χ1n) is 5.47. The fourth-order valence-electron chi connectivity index (χ4n) is 2.45. The van der Waals surface area contributed by atoms with E-state index in [1.54, 1.807) is 0 Å². The van der Waals surface area contributed by atoms with Crippen molar-refractivity contribution in [1.82, 2.24) is 0 Å². The van der Waals surface area contributed by atoms with Gasteiger partial charge in [-0.2, -0.15) is 0 Å². The van der Waals surface area contributed by atoms with E-state index in [0.717, 1.165) is 31.2 Å². The molecule has 0 saturated heterocycles. The van der Waals surface area contributed by atoms with Gasteiger partial charge < -0.3 is 0 Å². The van der Waals surface area contributed by atoms with Crippen LogP contribution in [0.4, 0.5) is 0 Å². The van der Waals surface area contributed by atoms with Gasteiger partial charge in [-0.15, -0.1) is 0 Å². The molecular formula is C12H15NO2. The normalized spacial score (nSPS) is 26.1. The van der Waals surface area contributed by atoms with Crippen LogP contribution in [-0.2, 0) is 0 Å². The molecule has 1 aliphatic rings. The molecular weight excluding hydrogens is 190 g/mol. The molecule has 0 amide bonds. The van der Waals surface area contributed by atoms with E-state index < -0.39 is 0 Å². The van der Waals surface area contributed by atoms with E-state index >= 15 is 0 Å². The zero-order valence-electron chi connectivity index (χ0n) is 8.63. The fraction of sp³-hybridized carbons (Fsp3) is 0.500. The van der Waals surface area contributed by atoms with Gasteiger partial charge in [-0.3, -0.25) is 10.1 Å². The molecule has 1 saturated carbocycles. The van der Waals surface area contributed by atoms with Crippen LogP contribution in [0, 0.1) is 10.1 Å². The molecule has 3 nitrogen and oxygen atoms in total. The molecule has 0 aliphatic heterocycles. The predicted octanol–water partition coefficient (Wildman–Crippen LogP) is 2.99. The van der Waals surface area contributed by atoms with Gasteiger partial charge in [0.05, 0.1) is 5.92 Å². The second kappa shape index (κ2) is 4.43. The molecule has 2 atom stereocenters. The van der Waals surface area contributed by atoms with E-state index in [0.29, 0.717) is 0 Å². The summed E-state index contributed by atoms with van der Waals surface area (Å²) >= 11 is 0. The zero-order valence-corrected chi connectivity index (χ0v) is 8.63. The van der Waals surface area contributed by atoms with Gasteiger partial charge in [-0.1, -0.05) is 36.8 Å². The summed E-state index contributed by atoms with van der Waals surface area (Å²) in [5.74, 6) is 0.120. The Morgan fingerprint density at radius 1 is 1.13 bits per heavy atom. The molecule has 0 aromatic heterocycles. The predicted molar refractivity (Wildman–Crippen MR) is 58.4 cm³/mol. The third-order valence-electron chi connectivity index (χ3n) is 3.23. The molecule has 15 heavy (non-hydrogen) atoms. The van der Waals surface area contributed by atoms with Crippen LogP contribution in [0.5, 0.6) is 0 Å². The number of benzene rings is 1. The van der Waals surface area contributed by atoms with Crippen LogP contribution >= 0.6 is 0 Å². The second-order valence-electron chi connectivity index (χ2n) is 4.15. The van der Waals surface area contributed by atoms with Crippen LogP contribution in [0.1, 0.15) is 37.2 Å². The lowest BCUT2D eigenvalue weighted by Crippen LogP contribution is -2.30. The molecule has 0 bridgehead atoms. The highest BCUT2D eigenvalue weighted by atomic mass is 16.6. The zero-order chi connectivity index (χ0) is 10.7. The molecule has 1 aliphatic carbocycles.